The molecule has 1 atom stereocenters. The molecule has 2 heterocycles. The fraction of sp³-hybridized carbons (Fsp3) is 0.143. The first-order valence-electron chi connectivity index (χ1n) is 8.87. The summed E-state index contributed by atoms with van der Waals surface area (Å²) in [5, 5.41) is 17.8. The van der Waals surface area contributed by atoms with Crippen LogP contribution in [0.25, 0.3) is 0 Å². The topological polar surface area (TPSA) is 97.0 Å². The molecule has 0 unspecified atom stereocenters. The van der Waals surface area contributed by atoms with Gasteiger partial charge in [-0.25, -0.2) is 0 Å². The number of aromatic nitrogens is 2. The number of nitrogens with one attached hydrogen (secondary N) is 1. The van der Waals surface area contributed by atoms with Crippen LogP contribution in [0.3, 0.4) is 0 Å². The van der Waals surface area contributed by atoms with Crippen LogP contribution in [0.1, 0.15) is 28.3 Å². The summed E-state index contributed by atoms with van der Waals surface area (Å²) in [6, 6.07) is 13.1. The van der Waals surface area contributed by atoms with Crippen LogP contribution in [0.4, 0.5) is 0 Å². The van der Waals surface area contributed by atoms with Gasteiger partial charge in [-0.3, -0.25) is 5.10 Å². The largest absolute Gasteiger partial charge is 0.488 e. The zero-order chi connectivity index (χ0) is 21.4. The van der Waals surface area contributed by atoms with E-state index < -0.39 is 5.92 Å². The van der Waals surface area contributed by atoms with E-state index in [1.807, 2.05) is 31.2 Å². The van der Waals surface area contributed by atoms with Crippen LogP contribution in [0.5, 0.6) is 11.6 Å². The fourth-order valence-electron chi connectivity index (χ4n) is 3.34. The van der Waals surface area contributed by atoms with Gasteiger partial charge in [0.1, 0.15) is 24.0 Å². The van der Waals surface area contributed by atoms with E-state index in [4.69, 9.17) is 38.4 Å². The van der Waals surface area contributed by atoms with Crippen LogP contribution >= 0.6 is 39.1 Å². The van der Waals surface area contributed by atoms with Crippen molar-refractivity contribution in [1.82, 2.24) is 10.2 Å². The second-order valence-corrected chi connectivity index (χ2v) is 8.40. The van der Waals surface area contributed by atoms with Gasteiger partial charge in [0.15, 0.2) is 0 Å². The van der Waals surface area contributed by atoms with Gasteiger partial charge >= 0.3 is 0 Å². The van der Waals surface area contributed by atoms with Crippen molar-refractivity contribution in [1.29, 1.82) is 5.26 Å². The minimum atomic E-state index is -0.395. The Labute approximate surface area is 191 Å². The molecule has 152 valence electrons. The zero-order valence-electron chi connectivity index (χ0n) is 15.7. The minimum Gasteiger partial charge on any atom is -0.488 e. The number of H-pyrrole nitrogens is 1. The number of ether oxygens (including phenoxy) is 2. The molecular weight excluding hydrogens is 491 g/mol. The standard InChI is InChI=1S/C21H15BrCl2N4O2/c1-10-18-19(14(8-25)20(26)30-21(18)28-27-10)11-3-5-17(15(22)6-11)29-9-12-2-4-13(23)7-16(12)24/h2-7,19H,9,26H2,1H3,(H,27,28)/t19-/m1/s1. The summed E-state index contributed by atoms with van der Waals surface area (Å²) < 4.78 is 12.2. The lowest BCUT2D eigenvalue weighted by Crippen LogP contribution is -2.21. The molecule has 0 spiro atoms. The third-order valence-electron chi connectivity index (χ3n) is 4.82. The average molecular weight is 506 g/mol. The Bertz CT molecular complexity index is 1220. The van der Waals surface area contributed by atoms with E-state index in [0.29, 0.717) is 27.2 Å². The lowest BCUT2D eigenvalue weighted by molar-refractivity contribution is 0.304. The molecule has 0 radical (unpaired) electrons. The highest BCUT2D eigenvalue weighted by atomic mass is 79.9. The molecule has 4 rings (SSSR count). The highest BCUT2D eigenvalue weighted by Gasteiger charge is 2.34. The Balaban J connectivity index is 1.64. The summed E-state index contributed by atoms with van der Waals surface area (Å²) in [4.78, 5) is 0. The molecule has 3 aromatic rings. The zero-order valence-corrected chi connectivity index (χ0v) is 18.8. The Morgan fingerprint density at radius 1 is 1.30 bits per heavy atom. The van der Waals surface area contributed by atoms with E-state index in [1.165, 1.54) is 0 Å². The third-order valence-corrected chi connectivity index (χ3v) is 6.02. The lowest BCUT2D eigenvalue weighted by atomic mass is 9.84. The first-order chi connectivity index (χ1) is 14.4. The second-order valence-electron chi connectivity index (χ2n) is 6.71. The molecule has 6 nitrogen and oxygen atoms in total. The number of fused-ring (bicyclic) bond motifs is 1. The Kier molecular flexibility index (Phi) is 5.65. The number of hydrogen-bond acceptors (Lipinski definition) is 5. The maximum absolute atomic E-state index is 9.67. The van der Waals surface area contributed by atoms with Crippen molar-refractivity contribution in [2.24, 2.45) is 5.73 Å². The number of nitrogens with two attached hydrogens (primary N) is 1. The van der Waals surface area contributed by atoms with Crippen LogP contribution in [-0.2, 0) is 6.61 Å². The lowest BCUT2D eigenvalue weighted by Gasteiger charge is -2.24. The molecule has 1 aliphatic rings. The second kappa shape index (κ2) is 8.23. The maximum atomic E-state index is 9.67. The van der Waals surface area contributed by atoms with Gasteiger partial charge in [-0.2, -0.15) is 5.26 Å². The van der Waals surface area contributed by atoms with E-state index in [1.54, 1.807) is 12.1 Å². The van der Waals surface area contributed by atoms with Gasteiger partial charge in [0.25, 0.3) is 0 Å². The molecule has 1 aromatic heterocycles. The monoisotopic (exact) mass is 504 g/mol. The molecule has 1 aliphatic heterocycles. The molecule has 30 heavy (non-hydrogen) atoms. The van der Waals surface area contributed by atoms with Gasteiger partial charge < -0.3 is 15.2 Å². The highest BCUT2D eigenvalue weighted by molar-refractivity contribution is 9.10. The maximum Gasteiger partial charge on any atom is 0.244 e. The van der Waals surface area contributed by atoms with Crippen molar-refractivity contribution in [2.75, 3.05) is 0 Å². The van der Waals surface area contributed by atoms with Crippen LogP contribution < -0.4 is 15.2 Å². The van der Waals surface area contributed by atoms with Gasteiger partial charge in [-0.05, 0) is 52.7 Å². The van der Waals surface area contributed by atoms with Crippen LogP contribution in [0, 0.1) is 18.3 Å². The van der Waals surface area contributed by atoms with Crippen LogP contribution in [0.15, 0.2) is 52.3 Å². The SMILES string of the molecule is Cc1[nH]nc2c1[C@H](c1ccc(OCc3ccc(Cl)cc3Cl)c(Br)c1)C(C#N)=C(N)O2. The van der Waals surface area contributed by atoms with Gasteiger partial charge in [0.2, 0.25) is 11.8 Å². The van der Waals surface area contributed by atoms with E-state index in [0.717, 1.165) is 26.9 Å². The number of allylic oxidation sites excluding steroid dienone is 1. The Morgan fingerprint density at radius 2 is 2.10 bits per heavy atom. The third kappa shape index (κ3) is 3.74. The van der Waals surface area contributed by atoms with E-state index in [9.17, 15) is 5.26 Å². The summed E-state index contributed by atoms with van der Waals surface area (Å²) in [5.41, 5.74) is 9.57. The highest BCUT2D eigenvalue weighted by Crippen LogP contribution is 2.44. The quantitative estimate of drug-likeness (QED) is 0.482. The molecule has 0 fully saturated rings. The first kappa shape index (κ1) is 20.6. The average Bonchev–Trinajstić information content (AvgIpc) is 3.07. The van der Waals surface area contributed by atoms with Gasteiger partial charge in [0.05, 0.1) is 10.4 Å². The number of aryl methyl sites for hydroxylation is 1. The number of hydrogen-bond donors (Lipinski definition) is 2. The molecule has 2 aromatic carbocycles. The summed E-state index contributed by atoms with van der Waals surface area (Å²) in [6.45, 7) is 2.16. The summed E-state index contributed by atoms with van der Waals surface area (Å²) >= 11 is 15.7. The van der Waals surface area contributed by atoms with Crippen molar-refractivity contribution < 1.29 is 9.47 Å². The molecule has 0 aliphatic carbocycles. The Morgan fingerprint density at radius 3 is 2.80 bits per heavy atom. The molecule has 0 amide bonds. The molecular formula is C21H15BrCl2N4O2. The normalized spacial score (nSPS) is 15.4. The number of halogens is 3. The number of aromatic amines is 1. The van der Waals surface area contributed by atoms with Crippen molar-refractivity contribution in [3.63, 3.8) is 0 Å². The summed E-state index contributed by atoms with van der Waals surface area (Å²) in [5.74, 6) is 0.670. The van der Waals surface area contributed by atoms with Crippen molar-refractivity contribution in [3.8, 4) is 17.7 Å². The van der Waals surface area contributed by atoms with Gasteiger partial charge in [-0.1, -0.05) is 35.3 Å². The van der Waals surface area contributed by atoms with Crippen molar-refractivity contribution >= 4 is 39.1 Å². The summed E-state index contributed by atoms with van der Waals surface area (Å²) in [7, 11) is 0. The smallest absolute Gasteiger partial charge is 0.244 e. The number of benzene rings is 2. The van der Waals surface area contributed by atoms with Gasteiger partial charge in [0, 0.05) is 26.9 Å². The number of nitriles is 1. The van der Waals surface area contributed by atoms with Gasteiger partial charge in [-0.15, -0.1) is 5.10 Å². The predicted molar refractivity (Wildman–Crippen MR) is 118 cm³/mol. The molecule has 0 bridgehead atoms. The minimum absolute atomic E-state index is 0.0512. The molecule has 3 N–H and O–H groups in total. The van der Waals surface area contributed by atoms with E-state index in [-0.39, 0.29) is 12.5 Å². The Hall–Kier alpha value is -2.66. The van der Waals surface area contributed by atoms with Crippen molar-refractivity contribution in [2.45, 2.75) is 19.4 Å². The van der Waals surface area contributed by atoms with Crippen LogP contribution in [0.2, 0.25) is 10.0 Å². The van der Waals surface area contributed by atoms with E-state index >= 15 is 0 Å². The number of rotatable bonds is 4. The fourth-order valence-corrected chi connectivity index (χ4v) is 4.31. The molecule has 0 saturated heterocycles. The van der Waals surface area contributed by atoms with E-state index in [2.05, 4.69) is 32.2 Å². The summed E-state index contributed by atoms with van der Waals surface area (Å²) in [6.07, 6.45) is 0. The first-order valence-corrected chi connectivity index (χ1v) is 10.4. The predicted octanol–water partition coefficient (Wildman–Crippen LogP) is 5.58. The molecule has 0 saturated carbocycles. The molecule has 9 heteroatoms. The number of nitrogens with zero attached hydrogens (tertiary/aromatic N) is 2. The van der Waals surface area contributed by atoms with Crippen LogP contribution in [-0.4, -0.2) is 10.2 Å². The van der Waals surface area contributed by atoms with Crippen molar-refractivity contribution in [3.05, 3.63) is 84.8 Å².